The average molecular weight is 349 g/mol. The predicted octanol–water partition coefficient (Wildman–Crippen LogP) is 2.70. The van der Waals surface area contributed by atoms with E-state index < -0.39 is 11.9 Å². The molecule has 0 saturated heterocycles. The van der Waals surface area contributed by atoms with Gasteiger partial charge in [-0.2, -0.15) is 5.26 Å². The van der Waals surface area contributed by atoms with E-state index in [4.69, 9.17) is 15.2 Å². The molecule has 1 aliphatic heterocycles. The summed E-state index contributed by atoms with van der Waals surface area (Å²) >= 11 is 3.44. The molecule has 5 nitrogen and oxygen atoms in total. The van der Waals surface area contributed by atoms with Crippen LogP contribution in [0.3, 0.4) is 0 Å². The second kappa shape index (κ2) is 6.02. The van der Waals surface area contributed by atoms with Crippen LogP contribution in [0, 0.1) is 11.3 Å². The number of hydrogen-bond donors (Lipinski definition) is 1. The molecule has 21 heavy (non-hydrogen) atoms. The number of allylic oxidation sites excluding steroid dienone is 2. The molecule has 0 aliphatic carbocycles. The molecule has 2 N–H and O–H groups in total. The van der Waals surface area contributed by atoms with Crippen LogP contribution in [0.1, 0.15) is 18.4 Å². The number of esters is 1. The Morgan fingerprint density at radius 2 is 2.14 bits per heavy atom. The van der Waals surface area contributed by atoms with Crippen molar-refractivity contribution in [2.45, 2.75) is 12.8 Å². The second-order valence-electron chi connectivity index (χ2n) is 4.41. The maximum atomic E-state index is 12.1. The predicted molar refractivity (Wildman–Crippen MR) is 79.5 cm³/mol. The van der Waals surface area contributed by atoms with E-state index >= 15 is 0 Å². The molecule has 2 rings (SSSR count). The Morgan fingerprint density at radius 3 is 2.71 bits per heavy atom. The fraction of sp³-hybridized carbons (Fsp3) is 0.200. The normalized spacial score (nSPS) is 18.1. The molecule has 0 aromatic heterocycles. The van der Waals surface area contributed by atoms with E-state index in [0.717, 1.165) is 10.0 Å². The minimum atomic E-state index is -0.619. The van der Waals surface area contributed by atoms with Crippen molar-refractivity contribution in [3.8, 4) is 6.07 Å². The van der Waals surface area contributed by atoms with E-state index in [1.807, 2.05) is 30.3 Å². The van der Waals surface area contributed by atoms with Crippen LogP contribution in [0.5, 0.6) is 0 Å². The Hall–Kier alpha value is -2.26. The van der Waals surface area contributed by atoms with Gasteiger partial charge in [-0.15, -0.1) is 0 Å². The standard InChI is InChI=1S/C15H13BrN2O3/c1-8-12(15(19)20-2)13(10(7-17)14(18)21-8)9-5-3-4-6-11(9)16/h3-6,13H,18H2,1-2H3. The number of halogens is 1. The lowest BCUT2D eigenvalue weighted by molar-refractivity contribution is -0.136. The number of benzene rings is 1. The highest BCUT2D eigenvalue weighted by Gasteiger charge is 2.36. The van der Waals surface area contributed by atoms with Gasteiger partial charge in [0.1, 0.15) is 17.4 Å². The van der Waals surface area contributed by atoms with Gasteiger partial charge in [0.2, 0.25) is 5.88 Å². The SMILES string of the molecule is COC(=O)C1=C(C)OC(N)=C(C#N)C1c1ccccc1Br. The number of ether oxygens (including phenoxy) is 2. The van der Waals surface area contributed by atoms with Gasteiger partial charge < -0.3 is 15.2 Å². The zero-order chi connectivity index (χ0) is 15.6. The van der Waals surface area contributed by atoms with Crippen molar-refractivity contribution < 1.29 is 14.3 Å². The molecular weight excluding hydrogens is 336 g/mol. The summed E-state index contributed by atoms with van der Waals surface area (Å²) in [5.41, 5.74) is 7.01. The monoisotopic (exact) mass is 348 g/mol. The molecule has 0 bridgehead atoms. The summed E-state index contributed by atoms with van der Waals surface area (Å²) in [6.07, 6.45) is 0. The highest BCUT2D eigenvalue weighted by molar-refractivity contribution is 9.10. The van der Waals surface area contributed by atoms with Crippen molar-refractivity contribution in [2.24, 2.45) is 5.73 Å². The summed E-state index contributed by atoms with van der Waals surface area (Å²) < 4.78 is 10.9. The zero-order valence-electron chi connectivity index (χ0n) is 11.5. The Morgan fingerprint density at radius 1 is 1.48 bits per heavy atom. The summed E-state index contributed by atoms with van der Waals surface area (Å²) in [7, 11) is 1.29. The molecule has 0 saturated carbocycles. The van der Waals surface area contributed by atoms with Crippen LogP contribution in [0.15, 0.2) is 51.5 Å². The summed E-state index contributed by atoms with van der Waals surface area (Å²) in [6, 6.07) is 9.35. The van der Waals surface area contributed by atoms with Gasteiger partial charge in [0.25, 0.3) is 0 Å². The fourth-order valence-electron chi connectivity index (χ4n) is 2.28. The second-order valence-corrected chi connectivity index (χ2v) is 5.26. The van der Waals surface area contributed by atoms with E-state index in [0.29, 0.717) is 5.76 Å². The van der Waals surface area contributed by atoms with Crippen molar-refractivity contribution in [1.82, 2.24) is 0 Å². The van der Waals surface area contributed by atoms with E-state index in [1.165, 1.54) is 7.11 Å². The lowest BCUT2D eigenvalue weighted by Gasteiger charge is -2.27. The van der Waals surface area contributed by atoms with Gasteiger partial charge in [-0.1, -0.05) is 34.1 Å². The lowest BCUT2D eigenvalue weighted by Crippen LogP contribution is -2.25. The van der Waals surface area contributed by atoms with Crippen LogP contribution in [0.4, 0.5) is 0 Å². The molecular formula is C15H13BrN2O3. The maximum absolute atomic E-state index is 12.1. The number of nitrogens with two attached hydrogens (primary N) is 1. The Labute approximate surface area is 130 Å². The third kappa shape index (κ3) is 2.65. The van der Waals surface area contributed by atoms with Crippen LogP contribution < -0.4 is 5.73 Å². The smallest absolute Gasteiger partial charge is 0.338 e. The summed E-state index contributed by atoms with van der Waals surface area (Å²) in [5, 5.41) is 9.38. The molecule has 108 valence electrons. The number of rotatable bonds is 2. The first kappa shape index (κ1) is 15.1. The first-order valence-electron chi connectivity index (χ1n) is 6.12. The van der Waals surface area contributed by atoms with Gasteiger partial charge in [0, 0.05) is 4.47 Å². The molecule has 0 radical (unpaired) electrons. The molecule has 1 atom stereocenters. The van der Waals surface area contributed by atoms with Crippen LogP contribution in [-0.4, -0.2) is 13.1 Å². The Balaban J connectivity index is 2.70. The van der Waals surface area contributed by atoms with Crippen LogP contribution >= 0.6 is 15.9 Å². The number of carbonyl (C=O) groups excluding carboxylic acids is 1. The van der Waals surface area contributed by atoms with Gasteiger partial charge in [0.05, 0.1) is 18.6 Å². The largest absolute Gasteiger partial charge is 0.466 e. The lowest BCUT2D eigenvalue weighted by atomic mass is 9.83. The molecule has 0 fully saturated rings. The minimum Gasteiger partial charge on any atom is -0.466 e. The maximum Gasteiger partial charge on any atom is 0.338 e. The summed E-state index contributed by atoms with van der Waals surface area (Å²) in [6.45, 7) is 1.62. The summed E-state index contributed by atoms with van der Waals surface area (Å²) in [5.74, 6) is -0.831. The first-order chi connectivity index (χ1) is 10.0. The van der Waals surface area contributed by atoms with E-state index in [9.17, 15) is 10.1 Å². The van der Waals surface area contributed by atoms with E-state index in [1.54, 1.807) is 6.92 Å². The molecule has 0 spiro atoms. The molecule has 1 aromatic rings. The van der Waals surface area contributed by atoms with Crippen LogP contribution in [0.25, 0.3) is 0 Å². The van der Waals surface area contributed by atoms with E-state index in [-0.39, 0.29) is 17.0 Å². The van der Waals surface area contributed by atoms with Crippen molar-refractivity contribution in [3.63, 3.8) is 0 Å². The van der Waals surface area contributed by atoms with Crippen molar-refractivity contribution >= 4 is 21.9 Å². The Kier molecular flexibility index (Phi) is 4.34. The van der Waals surface area contributed by atoms with Crippen molar-refractivity contribution in [2.75, 3.05) is 7.11 Å². The average Bonchev–Trinajstić information content (AvgIpc) is 2.46. The number of carbonyl (C=O) groups is 1. The first-order valence-corrected chi connectivity index (χ1v) is 6.91. The number of hydrogen-bond acceptors (Lipinski definition) is 5. The van der Waals surface area contributed by atoms with Gasteiger partial charge in [-0.25, -0.2) is 4.79 Å². The minimum absolute atomic E-state index is 0.00315. The topological polar surface area (TPSA) is 85.3 Å². The third-order valence-corrected chi connectivity index (χ3v) is 3.95. The number of nitrogens with zero attached hydrogens (tertiary/aromatic N) is 1. The molecule has 6 heteroatoms. The van der Waals surface area contributed by atoms with Gasteiger partial charge in [-0.05, 0) is 18.6 Å². The fourth-order valence-corrected chi connectivity index (χ4v) is 2.79. The third-order valence-electron chi connectivity index (χ3n) is 3.23. The van der Waals surface area contributed by atoms with Crippen LogP contribution in [0.2, 0.25) is 0 Å². The van der Waals surface area contributed by atoms with Crippen molar-refractivity contribution in [1.29, 1.82) is 5.26 Å². The summed E-state index contributed by atoms with van der Waals surface area (Å²) in [4.78, 5) is 12.1. The zero-order valence-corrected chi connectivity index (χ0v) is 13.1. The van der Waals surface area contributed by atoms with Crippen molar-refractivity contribution in [3.05, 3.63) is 57.1 Å². The van der Waals surface area contributed by atoms with Gasteiger partial charge in [-0.3, -0.25) is 0 Å². The van der Waals surface area contributed by atoms with Gasteiger partial charge >= 0.3 is 5.97 Å². The Bertz CT molecular complexity index is 701. The molecule has 1 unspecified atom stereocenters. The number of methoxy groups -OCH3 is 1. The number of nitriles is 1. The highest BCUT2D eigenvalue weighted by atomic mass is 79.9. The van der Waals surface area contributed by atoms with E-state index in [2.05, 4.69) is 15.9 Å². The highest BCUT2D eigenvalue weighted by Crippen LogP contribution is 2.41. The van der Waals surface area contributed by atoms with Crippen LogP contribution in [-0.2, 0) is 14.3 Å². The van der Waals surface area contributed by atoms with Gasteiger partial charge in [0.15, 0.2) is 0 Å². The quantitative estimate of drug-likeness (QED) is 0.830. The molecule has 0 amide bonds. The molecule has 1 aromatic carbocycles. The molecule has 1 heterocycles. The molecule has 1 aliphatic rings.